The molecule has 5 rings (SSSR count). The molecule has 1 spiro atoms. The zero-order valence-electron chi connectivity index (χ0n) is 19.2. The fraction of sp³-hybridized carbons (Fsp3) is 0.560. The van der Waals surface area contributed by atoms with Crippen LogP contribution in [-0.4, -0.2) is 56.0 Å². The number of halogens is 1. The van der Waals surface area contributed by atoms with Gasteiger partial charge in [0.1, 0.15) is 15.6 Å². The highest BCUT2D eigenvalue weighted by atomic mass is 35.5. The smallest absolute Gasteiger partial charge is 0.147 e. The third-order valence-corrected chi connectivity index (χ3v) is 8.31. The van der Waals surface area contributed by atoms with Crippen molar-refractivity contribution in [3.05, 3.63) is 59.4 Å². The first kappa shape index (κ1) is 24.5. The Bertz CT molecular complexity index is 1050. The Labute approximate surface area is 203 Å². The van der Waals surface area contributed by atoms with Crippen LogP contribution in [0.15, 0.2) is 42.6 Å². The molecule has 0 amide bonds. The summed E-state index contributed by atoms with van der Waals surface area (Å²) in [6.07, 6.45) is 8.00. The first-order chi connectivity index (χ1) is 15.4. The van der Waals surface area contributed by atoms with Gasteiger partial charge in [-0.15, -0.1) is 12.4 Å². The maximum atomic E-state index is 11.8. The van der Waals surface area contributed by atoms with Crippen molar-refractivity contribution in [2.75, 3.05) is 31.6 Å². The Kier molecular flexibility index (Phi) is 7.34. The van der Waals surface area contributed by atoms with E-state index in [4.69, 9.17) is 9.72 Å². The summed E-state index contributed by atoms with van der Waals surface area (Å²) in [6.45, 7) is 3.98. The molecule has 1 atom stereocenters. The Morgan fingerprint density at radius 3 is 2.61 bits per heavy atom. The SMILES string of the molecule is CS(=O)(=O)CCCC1c2c(OC3CC4(CNC4)C3)ccnc2CCN1Cc1ccccc1.Cl. The van der Waals surface area contributed by atoms with Crippen LogP contribution in [0.4, 0.5) is 0 Å². The van der Waals surface area contributed by atoms with E-state index in [1.807, 2.05) is 18.3 Å². The fourth-order valence-electron chi connectivity index (χ4n) is 5.55. The van der Waals surface area contributed by atoms with Crippen LogP contribution >= 0.6 is 12.4 Å². The molecule has 1 saturated heterocycles. The topological polar surface area (TPSA) is 71.5 Å². The molecule has 3 aliphatic rings. The monoisotopic (exact) mass is 491 g/mol. The van der Waals surface area contributed by atoms with Gasteiger partial charge in [-0.3, -0.25) is 9.88 Å². The van der Waals surface area contributed by atoms with Crippen LogP contribution < -0.4 is 10.1 Å². The van der Waals surface area contributed by atoms with E-state index >= 15 is 0 Å². The lowest BCUT2D eigenvalue weighted by Gasteiger charge is -2.54. The summed E-state index contributed by atoms with van der Waals surface area (Å²) >= 11 is 0. The van der Waals surface area contributed by atoms with Gasteiger partial charge in [0.15, 0.2) is 0 Å². The molecule has 1 N–H and O–H groups in total. The van der Waals surface area contributed by atoms with Crippen LogP contribution in [0, 0.1) is 5.41 Å². The number of fused-ring (bicyclic) bond motifs is 1. The number of hydrogen-bond donors (Lipinski definition) is 1. The van der Waals surface area contributed by atoms with Crippen LogP contribution in [0.3, 0.4) is 0 Å². The van der Waals surface area contributed by atoms with Crippen molar-refractivity contribution >= 4 is 22.2 Å². The molecular formula is C25H34ClN3O3S. The Balaban J connectivity index is 0.00000259. The second kappa shape index (κ2) is 9.90. The zero-order chi connectivity index (χ0) is 22.2. The second-order valence-electron chi connectivity index (χ2n) is 9.92. The van der Waals surface area contributed by atoms with Crippen LogP contribution in [0.2, 0.25) is 0 Å². The summed E-state index contributed by atoms with van der Waals surface area (Å²) in [6, 6.07) is 12.6. The van der Waals surface area contributed by atoms with Gasteiger partial charge in [-0.25, -0.2) is 8.42 Å². The van der Waals surface area contributed by atoms with Gasteiger partial charge in [0, 0.05) is 67.8 Å². The number of rotatable bonds is 8. The molecule has 33 heavy (non-hydrogen) atoms. The highest BCUT2D eigenvalue weighted by Gasteiger charge is 2.50. The van der Waals surface area contributed by atoms with Crippen LogP contribution in [0.5, 0.6) is 5.75 Å². The molecule has 1 unspecified atom stereocenters. The normalized spacial score (nSPS) is 22.0. The predicted molar refractivity (Wildman–Crippen MR) is 133 cm³/mol. The average Bonchev–Trinajstić information content (AvgIpc) is 2.70. The molecule has 1 aliphatic carbocycles. The Morgan fingerprint density at radius 2 is 1.94 bits per heavy atom. The van der Waals surface area contributed by atoms with Crippen LogP contribution in [0.1, 0.15) is 48.5 Å². The van der Waals surface area contributed by atoms with E-state index < -0.39 is 9.84 Å². The molecular weight excluding hydrogens is 458 g/mol. The molecule has 1 aromatic carbocycles. The number of sulfone groups is 1. The average molecular weight is 492 g/mol. The van der Waals surface area contributed by atoms with Crippen molar-refractivity contribution in [1.82, 2.24) is 15.2 Å². The van der Waals surface area contributed by atoms with Crippen LogP contribution in [-0.2, 0) is 22.8 Å². The number of aromatic nitrogens is 1. The quantitative estimate of drug-likeness (QED) is 0.608. The highest BCUT2D eigenvalue weighted by molar-refractivity contribution is 7.90. The minimum Gasteiger partial charge on any atom is -0.490 e. The maximum Gasteiger partial charge on any atom is 0.147 e. The number of nitrogens with zero attached hydrogens (tertiary/aromatic N) is 2. The Hall–Kier alpha value is -1.67. The molecule has 1 saturated carbocycles. The van der Waals surface area contributed by atoms with Gasteiger partial charge in [-0.2, -0.15) is 0 Å². The molecule has 0 bridgehead atoms. The molecule has 1 aromatic heterocycles. The van der Waals surface area contributed by atoms with Crippen molar-refractivity contribution in [3.63, 3.8) is 0 Å². The van der Waals surface area contributed by atoms with E-state index in [0.717, 1.165) is 63.3 Å². The zero-order valence-corrected chi connectivity index (χ0v) is 20.8. The number of pyridine rings is 1. The van der Waals surface area contributed by atoms with Crippen molar-refractivity contribution in [2.24, 2.45) is 5.41 Å². The summed E-state index contributed by atoms with van der Waals surface area (Å²) < 4.78 is 30.1. The van der Waals surface area contributed by atoms with Crippen molar-refractivity contribution in [2.45, 2.75) is 50.8 Å². The van der Waals surface area contributed by atoms with Crippen LogP contribution in [0.25, 0.3) is 0 Å². The molecule has 3 heterocycles. The molecule has 0 radical (unpaired) electrons. The molecule has 2 fully saturated rings. The van der Waals surface area contributed by atoms with E-state index in [-0.39, 0.29) is 30.3 Å². The van der Waals surface area contributed by atoms with Crippen molar-refractivity contribution in [1.29, 1.82) is 0 Å². The van der Waals surface area contributed by atoms with E-state index in [0.29, 0.717) is 11.8 Å². The van der Waals surface area contributed by atoms with E-state index in [2.05, 4.69) is 34.5 Å². The predicted octanol–water partition coefficient (Wildman–Crippen LogP) is 3.56. The molecule has 6 nitrogen and oxygen atoms in total. The van der Waals surface area contributed by atoms with E-state index in [9.17, 15) is 8.42 Å². The lowest BCUT2D eigenvalue weighted by Crippen LogP contribution is -2.62. The number of nitrogens with one attached hydrogen (secondary N) is 1. The Morgan fingerprint density at radius 1 is 1.18 bits per heavy atom. The molecule has 180 valence electrons. The summed E-state index contributed by atoms with van der Waals surface area (Å²) in [5.74, 6) is 1.16. The van der Waals surface area contributed by atoms with E-state index in [1.54, 1.807) is 0 Å². The lowest BCUT2D eigenvalue weighted by molar-refractivity contribution is -0.0506. The van der Waals surface area contributed by atoms with Gasteiger partial charge >= 0.3 is 0 Å². The minimum absolute atomic E-state index is 0. The fourth-order valence-corrected chi connectivity index (χ4v) is 6.24. The van der Waals surface area contributed by atoms with Gasteiger partial charge in [0.2, 0.25) is 0 Å². The first-order valence-corrected chi connectivity index (χ1v) is 13.8. The molecule has 2 aromatic rings. The summed E-state index contributed by atoms with van der Waals surface area (Å²) in [5, 5.41) is 3.39. The number of benzene rings is 1. The van der Waals surface area contributed by atoms with Gasteiger partial charge in [-0.05, 0) is 37.3 Å². The van der Waals surface area contributed by atoms with E-state index in [1.165, 1.54) is 17.4 Å². The third kappa shape index (κ3) is 5.53. The number of ether oxygens (including phenoxy) is 1. The summed E-state index contributed by atoms with van der Waals surface area (Å²) in [5.41, 5.74) is 4.02. The highest BCUT2D eigenvalue weighted by Crippen LogP contribution is 2.47. The van der Waals surface area contributed by atoms with Gasteiger partial charge in [0.05, 0.1) is 11.8 Å². The standard InChI is InChI=1S/C25H33N3O3S.ClH/c1-32(29,30)13-5-8-22-24-21(10-12-28(22)16-19-6-3-2-4-7-19)27-11-9-23(24)31-20-14-25(15-20)17-26-18-25;/h2-4,6-7,9,11,20,22,26H,5,8,10,12-18H2,1H3;1H. The van der Waals surface area contributed by atoms with Gasteiger partial charge < -0.3 is 10.1 Å². The first-order valence-electron chi connectivity index (χ1n) is 11.7. The largest absolute Gasteiger partial charge is 0.490 e. The minimum atomic E-state index is -2.98. The van der Waals surface area contributed by atoms with Crippen molar-refractivity contribution in [3.8, 4) is 5.75 Å². The second-order valence-corrected chi connectivity index (χ2v) is 12.2. The lowest BCUT2D eigenvalue weighted by atomic mass is 9.63. The third-order valence-electron chi connectivity index (χ3n) is 7.28. The maximum absolute atomic E-state index is 11.8. The summed E-state index contributed by atoms with van der Waals surface area (Å²) in [4.78, 5) is 7.18. The molecule has 8 heteroatoms. The van der Waals surface area contributed by atoms with Gasteiger partial charge in [0.25, 0.3) is 0 Å². The summed E-state index contributed by atoms with van der Waals surface area (Å²) in [7, 11) is -2.98. The van der Waals surface area contributed by atoms with Crippen molar-refractivity contribution < 1.29 is 13.2 Å². The molecule has 2 aliphatic heterocycles. The van der Waals surface area contributed by atoms with Gasteiger partial charge in [-0.1, -0.05) is 30.3 Å². The number of hydrogen-bond acceptors (Lipinski definition) is 6.